The molecular formula is C25H27ClFN5O3. The van der Waals surface area contributed by atoms with Crippen molar-refractivity contribution < 1.29 is 19.0 Å². The Labute approximate surface area is 207 Å². The van der Waals surface area contributed by atoms with Gasteiger partial charge in [-0.3, -0.25) is 10.00 Å². The van der Waals surface area contributed by atoms with Crippen molar-refractivity contribution in [2.45, 2.75) is 6.92 Å². The number of H-pyrrole nitrogens is 1. The second-order valence-electron chi connectivity index (χ2n) is 8.80. The van der Waals surface area contributed by atoms with E-state index >= 15 is 4.39 Å². The SMILES string of the molecule is COc1c(OCCN2CCN(C)CC2)cc2c(c(-c3ccc(O)c(Cl)c3)nc3[nH]nc(C)c32)c1F. The molecule has 2 N–H and O–H groups in total. The van der Waals surface area contributed by atoms with Crippen LogP contribution in [0.4, 0.5) is 4.39 Å². The third-order valence-corrected chi connectivity index (χ3v) is 6.83. The molecular weight excluding hydrogens is 473 g/mol. The number of rotatable bonds is 6. The fourth-order valence-corrected chi connectivity index (χ4v) is 4.73. The van der Waals surface area contributed by atoms with E-state index in [-0.39, 0.29) is 21.9 Å². The highest BCUT2D eigenvalue weighted by Crippen LogP contribution is 2.43. The zero-order valence-electron chi connectivity index (χ0n) is 19.9. The van der Waals surface area contributed by atoms with Gasteiger partial charge in [0, 0.05) is 54.4 Å². The first kappa shape index (κ1) is 23.6. The Morgan fingerprint density at radius 2 is 1.94 bits per heavy atom. The summed E-state index contributed by atoms with van der Waals surface area (Å²) in [7, 11) is 3.54. The highest BCUT2D eigenvalue weighted by molar-refractivity contribution is 6.32. The van der Waals surface area contributed by atoms with Crippen LogP contribution in [0, 0.1) is 12.7 Å². The number of benzene rings is 2. The van der Waals surface area contributed by atoms with Gasteiger partial charge in [-0.1, -0.05) is 11.6 Å². The van der Waals surface area contributed by atoms with E-state index in [1.165, 1.54) is 13.2 Å². The van der Waals surface area contributed by atoms with Gasteiger partial charge in [0.1, 0.15) is 12.4 Å². The summed E-state index contributed by atoms with van der Waals surface area (Å²) in [5, 5.41) is 18.8. The van der Waals surface area contributed by atoms with Crippen LogP contribution in [-0.4, -0.2) is 83.6 Å². The summed E-state index contributed by atoms with van der Waals surface area (Å²) in [6, 6.07) is 6.45. The number of phenols is 1. The summed E-state index contributed by atoms with van der Waals surface area (Å²) in [5.41, 5.74) is 2.12. The van der Waals surface area contributed by atoms with Gasteiger partial charge in [0.15, 0.2) is 23.0 Å². The van der Waals surface area contributed by atoms with Crippen LogP contribution in [0.15, 0.2) is 24.3 Å². The lowest BCUT2D eigenvalue weighted by molar-refractivity contribution is 0.132. The zero-order chi connectivity index (χ0) is 24.7. The number of nitrogens with zero attached hydrogens (tertiary/aromatic N) is 4. The van der Waals surface area contributed by atoms with E-state index in [1.54, 1.807) is 18.2 Å². The van der Waals surface area contributed by atoms with Crippen LogP contribution in [-0.2, 0) is 0 Å². The number of pyridine rings is 1. The fourth-order valence-electron chi connectivity index (χ4n) is 4.55. The predicted molar refractivity (Wildman–Crippen MR) is 134 cm³/mol. The van der Waals surface area contributed by atoms with Gasteiger partial charge in [-0.25, -0.2) is 9.37 Å². The van der Waals surface area contributed by atoms with Gasteiger partial charge in [0.05, 0.1) is 23.5 Å². The Hall–Kier alpha value is -3.14. The molecule has 1 saturated heterocycles. The van der Waals surface area contributed by atoms with Crippen LogP contribution in [0.25, 0.3) is 33.1 Å². The second kappa shape index (κ2) is 9.49. The van der Waals surface area contributed by atoms with E-state index in [2.05, 4.69) is 32.0 Å². The molecule has 35 heavy (non-hydrogen) atoms. The normalized spacial score (nSPS) is 15.2. The van der Waals surface area contributed by atoms with E-state index in [9.17, 15) is 5.11 Å². The maximum atomic E-state index is 16.1. The van der Waals surface area contributed by atoms with Crippen LogP contribution in [0.2, 0.25) is 5.02 Å². The van der Waals surface area contributed by atoms with E-state index in [0.29, 0.717) is 45.7 Å². The minimum atomic E-state index is -0.575. The lowest BCUT2D eigenvalue weighted by Crippen LogP contribution is -2.45. The van der Waals surface area contributed by atoms with E-state index < -0.39 is 5.82 Å². The van der Waals surface area contributed by atoms with Crippen LogP contribution in [0.3, 0.4) is 0 Å². The molecule has 0 unspecified atom stereocenters. The number of halogens is 2. The standard InChI is InChI=1S/C25H27ClFN5O3/c1-14-20-16-13-19(35-11-10-32-8-6-31(2)7-9-32)24(34-3)22(27)21(16)23(28-25(20)30-29-14)15-4-5-18(33)17(26)12-15/h4-5,12-13,33H,6-11H2,1-3H3,(H,28,29,30). The first-order valence-corrected chi connectivity index (χ1v) is 11.8. The Kier molecular flexibility index (Phi) is 6.39. The van der Waals surface area contributed by atoms with Gasteiger partial charge in [-0.2, -0.15) is 5.10 Å². The number of phenolic OH excluding ortho intramolecular Hbond substituents is 1. The average Bonchev–Trinajstić information content (AvgIpc) is 3.22. The Morgan fingerprint density at radius 3 is 2.66 bits per heavy atom. The molecule has 2 aromatic carbocycles. The fraction of sp³-hybridized carbons (Fsp3) is 0.360. The summed E-state index contributed by atoms with van der Waals surface area (Å²) in [4.78, 5) is 9.28. The number of hydrogen-bond donors (Lipinski definition) is 2. The van der Waals surface area contributed by atoms with E-state index in [4.69, 9.17) is 21.1 Å². The van der Waals surface area contributed by atoms with Crippen molar-refractivity contribution in [2.75, 3.05) is 53.5 Å². The number of aromatic amines is 1. The van der Waals surface area contributed by atoms with E-state index in [1.807, 2.05) is 6.92 Å². The van der Waals surface area contributed by atoms with Crippen molar-refractivity contribution in [3.8, 4) is 28.5 Å². The molecule has 2 aromatic heterocycles. The Bertz CT molecular complexity index is 1400. The van der Waals surface area contributed by atoms with E-state index in [0.717, 1.165) is 32.7 Å². The summed E-state index contributed by atoms with van der Waals surface area (Å²) in [6.07, 6.45) is 0. The molecule has 0 amide bonds. The van der Waals surface area contributed by atoms with Crippen molar-refractivity contribution >= 4 is 33.4 Å². The van der Waals surface area contributed by atoms with Crippen LogP contribution < -0.4 is 9.47 Å². The molecule has 10 heteroatoms. The zero-order valence-corrected chi connectivity index (χ0v) is 20.6. The summed E-state index contributed by atoms with van der Waals surface area (Å²) in [6.45, 7) is 6.97. The first-order valence-electron chi connectivity index (χ1n) is 11.4. The number of aromatic hydroxyl groups is 1. The maximum Gasteiger partial charge on any atom is 0.197 e. The minimum absolute atomic E-state index is 0.0179. The quantitative estimate of drug-likeness (QED) is 0.411. The van der Waals surface area contributed by atoms with Gasteiger partial charge in [0.25, 0.3) is 0 Å². The molecule has 184 valence electrons. The monoisotopic (exact) mass is 499 g/mol. The van der Waals surface area contributed by atoms with Crippen molar-refractivity contribution in [3.63, 3.8) is 0 Å². The average molecular weight is 500 g/mol. The van der Waals surface area contributed by atoms with Gasteiger partial charge in [0.2, 0.25) is 0 Å². The molecule has 5 rings (SSSR count). The lowest BCUT2D eigenvalue weighted by atomic mass is 9.99. The maximum absolute atomic E-state index is 16.1. The summed E-state index contributed by atoms with van der Waals surface area (Å²) in [5.74, 6) is -0.292. The van der Waals surface area contributed by atoms with Crippen molar-refractivity contribution in [3.05, 3.63) is 40.8 Å². The number of aryl methyl sites for hydroxylation is 1. The molecule has 0 radical (unpaired) electrons. The third kappa shape index (κ3) is 4.35. The number of piperazine rings is 1. The number of methoxy groups -OCH3 is 1. The number of likely N-dealkylation sites (N-methyl/N-ethyl adjacent to an activating group) is 1. The van der Waals surface area contributed by atoms with Gasteiger partial charge in [-0.15, -0.1) is 0 Å². The molecule has 8 nitrogen and oxygen atoms in total. The second-order valence-corrected chi connectivity index (χ2v) is 9.20. The topological polar surface area (TPSA) is 86.7 Å². The molecule has 0 saturated carbocycles. The molecule has 0 bridgehead atoms. The first-order chi connectivity index (χ1) is 16.9. The van der Waals surface area contributed by atoms with Crippen LogP contribution in [0.1, 0.15) is 5.69 Å². The molecule has 0 spiro atoms. The van der Waals surface area contributed by atoms with Gasteiger partial charge in [-0.05, 0) is 38.2 Å². The van der Waals surface area contributed by atoms with Gasteiger partial charge >= 0.3 is 0 Å². The van der Waals surface area contributed by atoms with Crippen molar-refractivity contribution in [1.82, 2.24) is 25.0 Å². The van der Waals surface area contributed by atoms with Crippen LogP contribution in [0.5, 0.6) is 17.2 Å². The van der Waals surface area contributed by atoms with Crippen LogP contribution >= 0.6 is 11.6 Å². The largest absolute Gasteiger partial charge is 0.506 e. The molecule has 1 fully saturated rings. The van der Waals surface area contributed by atoms with Crippen molar-refractivity contribution in [2.24, 2.45) is 0 Å². The molecule has 4 aromatic rings. The number of hydrogen-bond acceptors (Lipinski definition) is 7. The lowest BCUT2D eigenvalue weighted by Gasteiger charge is -2.32. The number of aromatic nitrogens is 3. The Morgan fingerprint density at radius 1 is 1.17 bits per heavy atom. The highest BCUT2D eigenvalue weighted by Gasteiger charge is 2.24. The van der Waals surface area contributed by atoms with Crippen molar-refractivity contribution in [1.29, 1.82) is 0 Å². The number of fused-ring (bicyclic) bond motifs is 3. The van der Waals surface area contributed by atoms with Gasteiger partial charge < -0.3 is 19.5 Å². The number of ether oxygens (including phenoxy) is 2. The highest BCUT2D eigenvalue weighted by atomic mass is 35.5. The predicted octanol–water partition coefficient (Wildman–Crippen LogP) is 4.22. The molecule has 0 aliphatic carbocycles. The Balaban J connectivity index is 1.60. The number of nitrogens with one attached hydrogen (secondary N) is 1. The molecule has 1 aliphatic heterocycles. The molecule has 0 atom stereocenters. The summed E-state index contributed by atoms with van der Waals surface area (Å²) < 4.78 is 27.6. The minimum Gasteiger partial charge on any atom is -0.506 e. The molecule has 1 aliphatic rings. The molecule has 3 heterocycles. The summed E-state index contributed by atoms with van der Waals surface area (Å²) >= 11 is 6.15. The third-order valence-electron chi connectivity index (χ3n) is 6.53. The smallest absolute Gasteiger partial charge is 0.197 e.